The highest BCUT2D eigenvalue weighted by Gasteiger charge is 2.74. The maximum absolute atomic E-state index is 13.4. The van der Waals surface area contributed by atoms with Crippen LogP contribution in [0.25, 0.3) is 0 Å². The molecule has 4 heterocycles. The van der Waals surface area contributed by atoms with E-state index in [9.17, 15) is 14.4 Å². The Kier molecular flexibility index (Phi) is 3.78. The lowest BCUT2D eigenvalue weighted by Gasteiger charge is -2.36. The number of carbonyl (C=O) groups is 3. The lowest BCUT2D eigenvalue weighted by Crippen LogP contribution is -2.54. The first kappa shape index (κ1) is 17.4. The van der Waals surface area contributed by atoms with Gasteiger partial charge in [0.05, 0.1) is 11.8 Å². The van der Waals surface area contributed by atoms with Crippen molar-refractivity contribution in [3.05, 3.63) is 28.2 Å². The Labute approximate surface area is 166 Å². The summed E-state index contributed by atoms with van der Waals surface area (Å²) in [5.74, 6) is -1.44. The first-order valence-electron chi connectivity index (χ1n) is 9.75. The van der Waals surface area contributed by atoms with Crippen molar-refractivity contribution in [2.75, 3.05) is 18.4 Å². The molecule has 0 bridgehead atoms. The lowest BCUT2D eigenvalue weighted by molar-refractivity contribution is -0.145. The quantitative estimate of drug-likeness (QED) is 0.746. The molecule has 6 nitrogen and oxygen atoms in total. The molecule has 0 saturated carbocycles. The fourth-order valence-corrected chi connectivity index (χ4v) is 6.13. The van der Waals surface area contributed by atoms with Crippen LogP contribution in [0.2, 0.25) is 0 Å². The van der Waals surface area contributed by atoms with Gasteiger partial charge in [-0.1, -0.05) is 29.3 Å². The second-order valence-corrected chi connectivity index (χ2v) is 8.91. The van der Waals surface area contributed by atoms with E-state index in [0.29, 0.717) is 6.54 Å². The van der Waals surface area contributed by atoms with Gasteiger partial charge in [0.1, 0.15) is 5.54 Å². The fourth-order valence-electron chi connectivity index (χ4n) is 5.77. The van der Waals surface area contributed by atoms with E-state index >= 15 is 0 Å². The zero-order valence-electron chi connectivity index (χ0n) is 15.2. The topological polar surface area (TPSA) is 69.7 Å². The number of imide groups is 1. The molecule has 3 fully saturated rings. The highest BCUT2D eigenvalue weighted by atomic mass is 79.9. The van der Waals surface area contributed by atoms with Gasteiger partial charge in [0.25, 0.3) is 0 Å². The number of rotatable bonds is 3. The summed E-state index contributed by atoms with van der Waals surface area (Å²) in [6, 6.07) is 5.67. The molecule has 1 N–H and O–H groups in total. The van der Waals surface area contributed by atoms with Crippen molar-refractivity contribution in [1.82, 2.24) is 9.80 Å². The molecule has 0 aromatic heterocycles. The Morgan fingerprint density at radius 1 is 1.26 bits per heavy atom. The summed E-state index contributed by atoms with van der Waals surface area (Å²) in [7, 11) is 0. The van der Waals surface area contributed by atoms with Crippen molar-refractivity contribution in [2.45, 2.75) is 44.2 Å². The van der Waals surface area contributed by atoms with Crippen molar-refractivity contribution in [3.63, 3.8) is 0 Å². The van der Waals surface area contributed by atoms with Crippen molar-refractivity contribution >= 4 is 39.3 Å². The van der Waals surface area contributed by atoms with Crippen LogP contribution in [0.5, 0.6) is 0 Å². The van der Waals surface area contributed by atoms with E-state index in [2.05, 4.69) is 26.1 Å². The molecule has 4 aliphatic heterocycles. The van der Waals surface area contributed by atoms with Crippen molar-refractivity contribution in [3.8, 4) is 0 Å². The molecule has 0 unspecified atom stereocenters. The third kappa shape index (κ3) is 2.02. The number of nitrogens with one attached hydrogen (secondary N) is 1. The minimum Gasteiger partial charge on any atom is -0.324 e. The van der Waals surface area contributed by atoms with Gasteiger partial charge in [0.15, 0.2) is 0 Å². The molecule has 7 heteroatoms. The van der Waals surface area contributed by atoms with Gasteiger partial charge in [-0.15, -0.1) is 0 Å². The molecule has 0 radical (unpaired) electrons. The standard InChI is InChI=1S/C20H22BrN3O3/c1-2-3-8-23-17(25)15-14-5-4-9-24(14)20(16(15)18(23)26)12-10-11(21)6-7-13(12)22-19(20)27/h6-7,10,14-16H,2-5,8-9H2,1H3,(H,22,27)/t14-,15+,16+,20+/m0/s1. The number of hydrogen-bond donors (Lipinski definition) is 1. The SMILES string of the molecule is CCCCN1C(=O)[C@@H]2[C@@H]3CCCN3[C@@]3(C(=O)Nc4ccc(Br)cc43)[C@H]2C1=O. The van der Waals surface area contributed by atoms with Gasteiger partial charge >= 0.3 is 0 Å². The van der Waals surface area contributed by atoms with Crippen molar-refractivity contribution < 1.29 is 14.4 Å². The largest absolute Gasteiger partial charge is 0.324 e. The molecule has 4 aliphatic rings. The second kappa shape index (κ2) is 5.88. The van der Waals surface area contributed by atoms with Gasteiger partial charge in [-0.25, -0.2) is 0 Å². The molecule has 3 saturated heterocycles. The molecule has 1 aromatic rings. The molecule has 27 heavy (non-hydrogen) atoms. The van der Waals surface area contributed by atoms with Crippen LogP contribution in [0.15, 0.2) is 22.7 Å². The van der Waals surface area contributed by atoms with Gasteiger partial charge in [0, 0.05) is 28.3 Å². The first-order valence-corrected chi connectivity index (χ1v) is 10.5. The number of anilines is 1. The van der Waals surface area contributed by atoms with E-state index in [1.165, 1.54) is 4.90 Å². The van der Waals surface area contributed by atoms with E-state index in [1.54, 1.807) is 0 Å². The summed E-state index contributed by atoms with van der Waals surface area (Å²) in [5.41, 5.74) is 0.528. The van der Waals surface area contributed by atoms with E-state index < -0.39 is 17.4 Å². The van der Waals surface area contributed by atoms with E-state index in [4.69, 9.17) is 0 Å². The minimum absolute atomic E-state index is 0.0336. The number of unbranched alkanes of at least 4 members (excludes halogenated alkanes) is 1. The zero-order chi connectivity index (χ0) is 18.9. The second-order valence-electron chi connectivity index (χ2n) is 8.00. The van der Waals surface area contributed by atoms with Crippen LogP contribution < -0.4 is 5.32 Å². The zero-order valence-corrected chi connectivity index (χ0v) is 16.8. The summed E-state index contributed by atoms with van der Waals surface area (Å²) in [6.45, 7) is 3.24. The number of halogens is 1. The van der Waals surface area contributed by atoms with Gasteiger partial charge in [-0.05, 0) is 44.0 Å². The average Bonchev–Trinajstić information content (AvgIpc) is 3.33. The van der Waals surface area contributed by atoms with Gasteiger partial charge in [-0.3, -0.25) is 24.2 Å². The monoisotopic (exact) mass is 431 g/mol. The van der Waals surface area contributed by atoms with Gasteiger partial charge in [-0.2, -0.15) is 0 Å². The van der Waals surface area contributed by atoms with Crippen LogP contribution in [-0.4, -0.2) is 46.7 Å². The van der Waals surface area contributed by atoms with Crippen LogP contribution in [-0.2, 0) is 19.9 Å². The smallest absolute Gasteiger partial charge is 0.250 e. The van der Waals surface area contributed by atoms with Gasteiger partial charge < -0.3 is 5.32 Å². The van der Waals surface area contributed by atoms with Crippen LogP contribution in [0.1, 0.15) is 38.2 Å². The Bertz CT molecular complexity index is 872. The molecule has 4 atom stereocenters. The predicted molar refractivity (Wildman–Crippen MR) is 103 cm³/mol. The predicted octanol–water partition coefficient (Wildman–Crippen LogP) is 2.48. The molecule has 3 amide bonds. The lowest BCUT2D eigenvalue weighted by atomic mass is 9.75. The Balaban J connectivity index is 1.69. The van der Waals surface area contributed by atoms with Crippen molar-refractivity contribution in [1.29, 1.82) is 0 Å². The van der Waals surface area contributed by atoms with Crippen LogP contribution >= 0.6 is 15.9 Å². The van der Waals surface area contributed by atoms with Crippen LogP contribution in [0.4, 0.5) is 5.69 Å². The number of amides is 3. The van der Waals surface area contributed by atoms with Crippen LogP contribution in [0, 0.1) is 11.8 Å². The summed E-state index contributed by atoms with van der Waals surface area (Å²) in [6.07, 6.45) is 3.53. The average molecular weight is 432 g/mol. The molecule has 0 aliphatic carbocycles. The first-order chi connectivity index (χ1) is 13.0. The molecule has 1 spiro atoms. The molecular weight excluding hydrogens is 410 g/mol. The third-order valence-corrected chi connectivity index (χ3v) is 7.27. The normalized spacial score (nSPS) is 34.4. The Morgan fingerprint density at radius 3 is 2.85 bits per heavy atom. The molecular formula is C20H22BrN3O3. The van der Waals surface area contributed by atoms with Gasteiger partial charge in [0.2, 0.25) is 17.7 Å². The molecule has 5 rings (SSSR count). The number of carbonyl (C=O) groups excluding carboxylic acids is 3. The fraction of sp³-hybridized carbons (Fsp3) is 0.550. The maximum atomic E-state index is 13.4. The number of nitrogens with zero attached hydrogens (tertiary/aromatic N) is 2. The number of fused-ring (bicyclic) bond motifs is 7. The van der Waals surface area contributed by atoms with E-state index in [0.717, 1.165) is 48.0 Å². The molecule has 1 aromatic carbocycles. The maximum Gasteiger partial charge on any atom is 0.250 e. The number of hydrogen-bond acceptors (Lipinski definition) is 4. The third-order valence-electron chi connectivity index (χ3n) is 6.78. The Hall–Kier alpha value is -1.73. The summed E-state index contributed by atoms with van der Waals surface area (Å²) in [4.78, 5) is 43.6. The number of likely N-dealkylation sites (tertiary alicyclic amines) is 1. The summed E-state index contributed by atoms with van der Waals surface area (Å²) in [5, 5.41) is 2.99. The highest BCUT2D eigenvalue weighted by Crippen LogP contribution is 2.60. The summed E-state index contributed by atoms with van der Waals surface area (Å²) < 4.78 is 0.871. The van der Waals surface area contributed by atoms with E-state index in [-0.39, 0.29) is 23.8 Å². The Morgan fingerprint density at radius 2 is 2.07 bits per heavy atom. The van der Waals surface area contributed by atoms with E-state index in [1.807, 2.05) is 25.1 Å². The summed E-state index contributed by atoms with van der Waals surface area (Å²) >= 11 is 3.51. The number of benzene rings is 1. The highest BCUT2D eigenvalue weighted by molar-refractivity contribution is 9.10. The minimum atomic E-state index is -1.06. The van der Waals surface area contributed by atoms with Crippen molar-refractivity contribution in [2.24, 2.45) is 11.8 Å². The molecule has 142 valence electrons. The van der Waals surface area contributed by atoms with Crippen LogP contribution in [0.3, 0.4) is 0 Å².